The average Bonchev–Trinajstić information content (AvgIpc) is 2.92. The maximum Gasteiger partial charge on any atom is 0.162 e. The summed E-state index contributed by atoms with van der Waals surface area (Å²) in [6.45, 7) is 7.44. The molecule has 0 aromatic carbocycles. The van der Waals surface area contributed by atoms with Gasteiger partial charge in [-0.2, -0.15) is 5.10 Å². The number of methoxy groups -OCH3 is 1. The first-order valence-corrected chi connectivity index (χ1v) is 7.29. The zero-order valence-electron chi connectivity index (χ0n) is 12.5. The first kappa shape index (κ1) is 14.4. The quantitative estimate of drug-likeness (QED) is 0.890. The highest BCUT2D eigenvalue weighted by Crippen LogP contribution is 2.49. The van der Waals surface area contributed by atoms with Gasteiger partial charge in [-0.05, 0) is 30.6 Å². The Bertz CT molecular complexity index is 426. The fourth-order valence-corrected chi connectivity index (χ4v) is 3.35. The number of aliphatic hydroxyl groups excluding tert-OH is 1. The van der Waals surface area contributed by atoms with Crippen LogP contribution < -0.4 is 4.74 Å². The SMILES string of the molecule is CCCn1ncc(OC)c1C(O)C1CCCC1(C)C. The van der Waals surface area contributed by atoms with Crippen molar-refractivity contribution in [2.45, 2.75) is 59.1 Å². The van der Waals surface area contributed by atoms with Gasteiger partial charge in [0.2, 0.25) is 0 Å². The molecule has 2 unspecified atom stereocenters. The monoisotopic (exact) mass is 266 g/mol. The third-order valence-electron chi connectivity index (χ3n) is 4.50. The van der Waals surface area contributed by atoms with Crippen LogP contribution in [-0.2, 0) is 6.54 Å². The van der Waals surface area contributed by atoms with Gasteiger partial charge >= 0.3 is 0 Å². The third-order valence-corrected chi connectivity index (χ3v) is 4.50. The lowest BCUT2D eigenvalue weighted by atomic mass is 9.77. The molecule has 0 aliphatic heterocycles. The Balaban J connectivity index is 2.31. The molecule has 1 aliphatic rings. The number of aromatic nitrogens is 2. The van der Waals surface area contributed by atoms with Gasteiger partial charge in [0, 0.05) is 6.54 Å². The second-order valence-electron chi connectivity index (χ2n) is 6.25. The van der Waals surface area contributed by atoms with Gasteiger partial charge in [-0.3, -0.25) is 4.68 Å². The Morgan fingerprint density at radius 3 is 2.84 bits per heavy atom. The molecule has 1 fully saturated rings. The van der Waals surface area contributed by atoms with E-state index in [1.807, 2.05) is 4.68 Å². The molecule has 0 saturated heterocycles. The van der Waals surface area contributed by atoms with Crippen LogP contribution in [0.3, 0.4) is 0 Å². The highest BCUT2D eigenvalue weighted by molar-refractivity contribution is 5.28. The van der Waals surface area contributed by atoms with E-state index in [-0.39, 0.29) is 11.3 Å². The van der Waals surface area contributed by atoms with E-state index in [0.717, 1.165) is 25.1 Å². The standard InChI is InChI=1S/C15H26N2O2/c1-5-9-17-13(12(19-4)10-16-17)14(18)11-7-6-8-15(11,2)3/h10-11,14,18H,5-9H2,1-4H3. The number of hydrogen-bond donors (Lipinski definition) is 1. The Morgan fingerprint density at radius 2 is 2.32 bits per heavy atom. The van der Waals surface area contributed by atoms with E-state index >= 15 is 0 Å². The molecule has 1 heterocycles. The fraction of sp³-hybridized carbons (Fsp3) is 0.800. The largest absolute Gasteiger partial charge is 0.493 e. The van der Waals surface area contributed by atoms with Crippen LogP contribution in [0.2, 0.25) is 0 Å². The van der Waals surface area contributed by atoms with Crippen molar-refractivity contribution in [3.8, 4) is 5.75 Å². The Kier molecular flexibility index (Phi) is 4.19. The van der Waals surface area contributed by atoms with Crippen molar-refractivity contribution in [3.63, 3.8) is 0 Å². The van der Waals surface area contributed by atoms with Crippen LogP contribution in [0.5, 0.6) is 5.75 Å². The zero-order valence-corrected chi connectivity index (χ0v) is 12.5. The third kappa shape index (κ3) is 2.64. The van der Waals surface area contributed by atoms with Gasteiger partial charge in [-0.15, -0.1) is 0 Å². The predicted octanol–water partition coefficient (Wildman–Crippen LogP) is 3.16. The predicted molar refractivity (Wildman–Crippen MR) is 75.2 cm³/mol. The number of hydrogen-bond acceptors (Lipinski definition) is 3. The number of nitrogens with zero attached hydrogens (tertiary/aromatic N) is 2. The van der Waals surface area contributed by atoms with Gasteiger partial charge < -0.3 is 9.84 Å². The van der Waals surface area contributed by atoms with Gasteiger partial charge in [0.25, 0.3) is 0 Å². The van der Waals surface area contributed by atoms with Crippen molar-refractivity contribution >= 4 is 0 Å². The molecule has 0 bridgehead atoms. The molecule has 1 aromatic heterocycles. The molecule has 0 radical (unpaired) electrons. The Hall–Kier alpha value is -1.03. The maximum atomic E-state index is 10.8. The van der Waals surface area contributed by atoms with Crippen LogP contribution in [0.25, 0.3) is 0 Å². The van der Waals surface area contributed by atoms with E-state index in [1.54, 1.807) is 13.3 Å². The van der Waals surface area contributed by atoms with Crippen molar-refractivity contribution in [1.29, 1.82) is 0 Å². The van der Waals surface area contributed by atoms with Crippen LogP contribution in [0.15, 0.2) is 6.20 Å². The number of aryl methyl sites for hydroxylation is 1. The van der Waals surface area contributed by atoms with E-state index in [4.69, 9.17) is 4.74 Å². The van der Waals surface area contributed by atoms with Crippen LogP contribution >= 0.6 is 0 Å². The van der Waals surface area contributed by atoms with Crippen molar-refractivity contribution in [3.05, 3.63) is 11.9 Å². The molecule has 2 rings (SSSR count). The second kappa shape index (κ2) is 5.53. The van der Waals surface area contributed by atoms with Crippen molar-refractivity contribution in [2.75, 3.05) is 7.11 Å². The molecular formula is C15H26N2O2. The highest BCUT2D eigenvalue weighted by Gasteiger charge is 2.41. The molecule has 108 valence electrons. The summed E-state index contributed by atoms with van der Waals surface area (Å²) in [6.07, 6.45) is 5.68. The minimum Gasteiger partial charge on any atom is -0.493 e. The fourth-order valence-electron chi connectivity index (χ4n) is 3.35. The van der Waals surface area contributed by atoms with Crippen LogP contribution in [0.4, 0.5) is 0 Å². The molecular weight excluding hydrogens is 240 g/mol. The number of aliphatic hydroxyl groups is 1. The lowest BCUT2D eigenvalue weighted by Gasteiger charge is -2.31. The van der Waals surface area contributed by atoms with Gasteiger partial charge in [-0.25, -0.2) is 0 Å². The first-order valence-electron chi connectivity index (χ1n) is 7.29. The molecule has 2 atom stereocenters. The van der Waals surface area contributed by atoms with Crippen molar-refractivity contribution in [1.82, 2.24) is 9.78 Å². The Labute approximate surface area is 115 Å². The summed E-state index contributed by atoms with van der Waals surface area (Å²) in [5.41, 5.74) is 1.04. The first-order chi connectivity index (χ1) is 9.01. The zero-order chi connectivity index (χ0) is 14.0. The number of ether oxygens (including phenoxy) is 1. The minimum absolute atomic E-state index is 0.186. The molecule has 1 saturated carbocycles. The molecule has 4 heteroatoms. The maximum absolute atomic E-state index is 10.8. The summed E-state index contributed by atoms with van der Waals surface area (Å²) in [7, 11) is 1.64. The Morgan fingerprint density at radius 1 is 1.58 bits per heavy atom. The molecule has 19 heavy (non-hydrogen) atoms. The van der Waals surface area contributed by atoms with E-state index in [2.05, 4.69) is 25.9 Å². The van der Waals surface area contributed by atoms with Crippen molar-refractivity contribution in [2.24, 2.45) is 11.3 Å². The van der Waals surface area contributed by atoms with Gasteiger partial charge in [-0.1, -0.05) is 27.2 Å². The lowest BCUT2D eigenvalue weighted by molar-refractivity contribution is 0.0444. The topological polar surface area (TPSA) is 47.3 Å². The minimum atomic E-state index is -0.485. The lowest BCUT2D eigenvalue weighted by Crippen LogP contribution is -2.26. The summed E-state index contributed by atoms with van der Waals surface area (Å²) < 4.78 is 7.28. The highest BCUT2D eigenvalue weighted by atomic mass is 16.5. The summed E-state index contributed by atoms with van der Waals surface area (Å²) in [5.74, 6) is 0.998. The van der Waals surface area contributed by atoms with E-state index < -0.39 is 6.10 Å². The van der Waals surface area contributed by atoms with E-state index in [0.29, 0.717) is 5.75 Å². The van der Waals surface area contributed by atoms with E-state index in [1.165, 1.54) is 12.8 Å². The molecule has 1 aliphatic carbocycles. The van der Waals surface area contributed by atoms with Gasteiger partial charge in [0.1, 0.15) is 11.8 Å². The molecule has 1 aromatic rings. The smallest absolute Gasteiger partial charge is 0.162 e. The van der Waals surface area contributed by atoms with Crippen LogP contribution in [0, 0.1) is 11.3 Å². The van der Waals surface area contributed by atoms with Crippen LogP contribution in [-0.4, -0.2) is 22.0 Å². The second-order valence-corrected chi connectivity index (χ2v) is 6.25. The summed E-state index contributed by atoms with van der Waals surface area (Å²) in [4.78, 5) is 0. The number of rotatable bonds is 5. The van der Waals surface area contributed by atoms with Crippen LogP contribution in [0.1, 0.15) is 58.3 Å². The van der Waals surface area contributed by atoms with Crippen molar-refractivity contribution < 1.29 is 9.84 Å². The van der Waals surface area contributed by atoms with Gasteiger partial charge in [0.15, 0.2) is 5.75 Å². The molecule has 1 N–H and O–H groups in total. The van der Waals surface area contributed by atoms with Gasteiger partial charge in [0.05, 0.1) is 13.3 Å². The molecule has 0 spiro atoms. The normalized spacial score (nSPS) is 23.5. The molecule has 4 nitrogen and oxygen atoms in total. The van der Waals surface area contributed by atoms with E-state index in [9.17, 15) is 5.11 Å². The average molecular weight is 266 g/mol. The summed E-state index contributed by atoms with van der Waals surface area (Å²) in [5, 5.41) is 15.2. The summed E-state index contributed by atoms with van der Waals surface area (Å²) >= 11 is 0. The molecule has 0 amide bonds. The summed E-state index contributed by atoms with van der Waals surface area (Å²) in [6, 6.07) is 0.